The zero-order valence-electron chi connectivity index (χ0n) is 11.7. The summed E-state index contributed by atoms with van der Waals surface area (Å²) in [5, 5.41) is 12.3. The molecule has 0 aliphatic heterocycles. The molecule has 1 amide bonds. The number of carbonyl (C=O) groups is 1. The van der Waals surface area contributed by atoms with Gasteiger partial charge in [0.1, 0.15) is 0 Å². The van der Waals surface area contributed by atoms with Gasteiger partial charge in [-0.15, -0.1) is 0 Å². The molecule has 0 saturated heterocycles. The van der Waals surface area contributed by atoms with Gasteiger partial charge in [0.15, 0.2) is 0 Å². The van der Waals surface area contributed by atoms with Crippen molar-refractivity contribution >= 4 is 5.91 Å². The summed E-state index contributed by atoms with van der Waals surface area (Å²) in [5.41, 5.74) is 5.84. The highest BCUT2D eigenvalue weighted by Gasteiger charge is 2.25. The van der Waals surface area contributed by atoms with Crippen molar-refractivity contribution in [2.24, 2.45) is 23.5 Å². The summed E-state index contributed by atoms with van der Waals surface area (Å²) < 4.78 is 0. The topological polar surface area (TPSA) is 75.4 Å². The highest BCUT2D eigenvalue weighted by atomic mass is 16.3. The van der Waals surface area contributed by atoms with Crippen LogP contribution in [-0.2, 0) is 4.79 Å². The molecule has 4 heteroatoms. The summed E-state index contributed by atoms with van der Waals surface area (Å²) in [7, 11) is 0. The first kappa shape index (κ1) is 15.4. The molecule has 0 bridgehead atoms. The van der Waals surface area contributed by atoms with Crippen LogP contribution in [0.3, 0.4) is 0 Å². The van der Waals surface area contributed by atoms with Crippen LogP contribution in [0.25, 0.3) is 0 Å². The molecule has 0 spiro atoms. The molecular formula is C14H28N2O2. The van der Waals surface area contributed by atoms with E-state index in [4.69, 9.17) is 5.73 Å². The highest BCUT2D eigenvalue weighted by molar-refractivity contribution is 5.81. The molecule has 106 valence electrons. The highest BCUT2D eigenvalue weighted by Crippen LogP contribution is 2.29. The van der Waals surface area contributed by atoms with E-state index in [1.807, 2.05) is 0 Å². The van der Waals surface area contributed by atoms with Gasteiger partial charge in [0.2, 0.25) is 5.91 Å². The van der Waals surface area contributed by atoms with E-state index < -0.39 is 6.04 Å². The minimum atomic E-state index is -0.402. The largest absolute Gasteiger partial charge is 0.396 e. The molecule has 2 unspecified atom stereocenters. The smallest absolute Gasteiger partial charge is 0.236 e. The summed E-state index contributed by atoms with van der Waals surface area (Å²) in [5.74, 6) is 1.15. The van der Waals surface area contributed by atoms with E-state index in [2.05, 4.69) is 19.2 Å². The molecule has 1 saturated carbocycles. The Morgan fingerprint density at radius 2 is 1.94 bits per heavy atom. The maximum atomic E-state index is 11.8. The van der Waals surface area contributed by atoms with Crippen LogP contribution in [0.2, 0.25) is 0 Å². The Kier molecular flexibility index (Phi) is 6.65. The number of aliphatic hydroxyl groups excluding tert-OH is 1. The summed E-state index contributed by atoms with van der Waals surface area (Å²) in [4.78, 5) is 11.8. The molecule has 1 fully saturated rings. The maximum absolute atomic E-state index is 11.8. The summed E-state index contributed by atoms with van der Waals surface area (Å²) in [6.45, 7) is 5.03. The van der Waals surface area contributed by atoms with Gasteiger partial charge in [0.05, 0.1) is 6.04 Å². The molecule has 0 radical (unpaired) electrons. The second kappa shape index (κ2) is 7.74. The molecule has 0 aromatic heterocycles. The normalized spacial score (nSPS) is 26.1. The first-order valence-electron chi connectivity index (χ1n) is 7.18. The van der Waals surface area contributed by atoms with E-state index in [1.165, 1.54) is 12.8 Å². The summed E-state index contributed by atoms with van der Waals surface area (Å²) in [6, 6.07) is -0.402. The quantitative estimate of drug-likeness (QED) is 0.670. The zero-order valence-corrected chi connectivity index (χ0v) is 11.7. The molecule has 1 rings (SSSR count). The van der Waals surface area contributed by atoms with Crippen LogP contribution in [0, 0.1) is 17.8 Å². The first-order valence-corrected chi connectivity index (χ1v) is 7.18. The minimum absolute atomic E-state index is 0.0500. The lowest BCUT2D eigenvalue weighted by Crippen LogP contribution is -2.44. The number of aliphatic hydroxyl groups is 1. The predicted molar refractivity (Wildman–Crippen MR) is 73.0 cm³/mol. The third kappa shape index (κ3) is 4.94. The van der Waals surface area contributed by atoms with E-state index >= 15 is 0 Å². The number of nitrogens with two attached hydrogens (primary N) is 1. The third-order valence-electron chi connectivity index (χ3n) is 3.90. The number of carbonyl (C=O) groups excluding carboxylic acids is 1. The monoisotopic (exact) mass is 256 g/mol. The van der Waals surface area contributed by atoms with Gasteiger partial charge < -0.3 is 16.2 Å². The van der Waals surface area contributed by atoms with Crippen LogP contribution in [0.1, 0.15) is 46.0 Å². The Bertz CT molecular complexity index is 256. The SMILES string of the molecule is CC(C)C[C@H](N)C(=O)NCC1CCCCC1CO. The van der Waals surface area contributed by atoms with E-state index in [9.17, 15) is 9.90 Å². The first-order chi connectivity index (χ1) is 8.54. The third-order valence-corrected chi connectivity index (χ3v) is 3.90. The second-order valence-corrected chi connectivity index (χ2v) is 5.97. The van der Waals surface area contributed by atoms with Gasteiger partial charge in [-0.3, -0.25) is 4.79 Å². The number of hydrogen-bond donors (Lipinski definition) is 3. The Balaban J connectivity index is 2.32. The van der Waals surface area contributed by atoms with E-state index in [0.29, 0.717) is 24.3 Å². The van der Waals surface area contributed by atoms with Crippen molar-refractivity contribution in [2.45, 2.75) is 52.0 Å². The average Bonchev–Trinajstić information content (AvgIpc) is 2.35. The fraction of sp³-hybridized carbons (Fsp3) is 0.929. The van der Waals surface area contributed by atoms with Crippen LogP contribution in [-0.4, -0.2) is 30.2 Å². The van der Waals surface area contributed by atoms with Gasteiger partial charge in [-0.1, -0.05) is 26.7 Å². The lowest BCUT2D eigenvalue weighted by molar-refractivity contribution is -0.123. The standard InChI is InChI=1S/C14H28N2O2/c1-10(2)7-13(15)14(18)16-8-11-5-3-4-6-12(11)9-17/h10-13,17H,3-9,15H2,1-2H3,(H,16,18)/t11?,12?,13-/m0/s1. The van der Waals surface area contributed by atoms with E-state index in [-0.39, 0.29) is 12.5 Å². The van der Waals surface area contributed by atoms with Gasteiger partial charge in [-0.2, -0.15) is 0 Å². The molecule has 4 N–H and O–H groups in total. The molecule has 3 atom stereocenters. The lowest BCUT2D eigenvalue weighted by atomic mass is 9.79. The van der Waals surface area contributed by atoms with Gasteiger partial charge >= 0.3 is 0 Å². The molecular weight excluding hydrogens is 228 g/mol. The fourth-order valence-electron chi connectivity index (χ4n) is 2.77. The Morgan fingerprint density at radius 1 is 1.33 bits per heavy atom. The van der Waals surface area contributed by atoms with E-state index in [0.717, 1.165) is 19.3 Å². The Morgan fingerprint density at radius 3 is 2.50 bits per heavy atom. The predicted octanol–water partition coefficient (Wildman–Crippen LogP) is 1.27. The second-order valence-electron chi connectivity index (χ2n) is 5.97. The molecule has 1 aliphatic rings. The van der Waals surface area contributed by atoms with Gasteiger partial charge in [-0.05, 0) is 37.0 Å². The number of hydrogen-bond acceptors (Lipinski definition) is 3. The van der Waals surface area contributed by atoms with E-state index in [1.54, 1.807) is 0 Å². The molecule has 0 heterocycles. The lowest BCUT2D eigenvalue weighted by Gasteiger charge is -2.30. The van der Waals surface area contributed by atoms with Crippen molar-refractivity contribution in [2.75, 3.05) is 13.2 Å². The molecule has 1 aliphatic carbocycles. The van der Waals surface area contributed by atoms with Crippen LogP contribution in [0.5, 0.6) is 0 Å². The Labute approximate surface area is 110 Å². The van der Waals surface area contributed by atoms with Crippen molar-refractivity contribution < 1.29 is 9.90 Å². The molecule has 0 aromatic rings. The van der Waals surface area contributed by atoms with Crippen LogP contribution in [0.15, 0.2) is 0 Å². The van der Waals surface area contributed by atoms with Crippen molar-refractivity contribution in [3.63, 3.8) is 0 Å². The van der Waals surface area contributed by atoms with Gasteiger partial charge in [0, 0.05) is 13.2 Å². The van der Waals surface area contributed by atoms with Gasteiger partial charge in [-0.25, -0.2) is 0 Å². The van der Waals surface area contributed by atoms with Crippen LogP contribution < -0.4 is 11.1 Å². The van der Waals surface area contributed by atoms with Crippen molar-refractivity contribution in [3.05, 3.63) is 0 Å². The van der Waals surface area contributed by atoms with Crippen LogP contribution >= 0.6 is 0 Å². The summed E-state index contributed by atoms with van der Waals surface area (Å²) >= 11 is 0. The minimum Gasteiger partial charge on any atom is -0.396 e. The number of nitrogens with one attached hydrogen (secondary N) is 1. The molecule has 0 aromatic carbocycles. The average molecular weight is 256 g/mol. The van der Waals surface area contributed by atoms with Gasteiger partial charge in [0.25, 0.3) is 0 Å². The zero-order chi connectivity index (χ0) is 13.5. The van der Waals surface area contributed by atoms with Crippen LogP contribution in [0.4, 0.5) is 0 Å². The number of amides is 1. The summed E-state index contributed by atoms with van der Waals surface area (Å²) in [6.07, 6.45) is 5.30. The molecule has 18 heavy (non-hydrogen) atoms. The fourth-order valence-corrected chi connectivity index (χ4v) is 2.77. The van der Waals surface area contributed by atoms with Crippen molar-refractivity contribution in [1.29, 1.82) is 0 Å². The van der Waals surface area contributed by atoms with Crippen molar-refractivity contribution in [1.82, 2.24) is 5.32 Å². The maximum Gasteiger partial charge on any atom is 0.236 e. The Hall–Kier alpha value is -0.610. The number of rotatable bonds is 6. The molecule has 4 nitrogen and oxygen atoms in total. The van der Waals surface area contributed by atoms with Crippen molar-refractivity contribution in [3.8, 4) is 0 Å².